The van der Waals surface area contributed by atoms with Gasteiger partial charge < -0.3 is 10.8 Å². The Balaban J connectivity index is 2.48. The summed E-state index contributed by atoms with van der Waals surface area (Å²) >= 11 is 0. The molecule has 2 heteroatoms. The highest BCUT2D eigenvalue weighted by atomic mass is 16.3. The average Bonchev–Trinajstić information content (AvgIpc) is 2.03. The van der Waals surface area contributed by atoms with Gasteiger partial charge in [0.05, 0.1) is 6.10 Å². The Kier molecular flexibility index (Phi) is 3.74. The molecule has 0 bridgehead atoms. The van der Waals surface area contributed by atoms with Crippen molar-refractivity contribution in [2.24, 2.45) is 17.1 Å². The van der Waals surface area contributed by atoms with Crippen LogP contribution in [0.25, 0.3) is 0 Å². The highest BCUT2D eigenvalue weighted by molar-refractivity contribution is 4.96. The SMILES string of the molecule is CCCC(C)C(O)C1(CN)CCC1. The third-order valence-electron chi connectivity index (χ3n) is 3.67. The maximum Gasteiger partial charge on any atom is 0.0633 e. The minimum absolute atomic E-state index is 0.0780. The summed E-state index contributed by atoms with van der Waals surface area (Å²) in [6.07, 6.45) is 5.58. The molecule has 2 atom stereocenters. The van der Waals surface area contributed by atoms with Crippen molar-refractivity contribution in [1.29, 1.82) is 0 Å². The van der Waals surface area contributed by atoms with Crippen molar-refractivity contribution in [3.8, 4) is 0 Å². The molecular weight excluding hydrogens is 162 g/mol. The quantitative estimate of drug-likeness (QED) is 0.687. The van der Waals surface area contributed by atoms with E-state index in [9.17, 15) is 5.11 Å². The van der Waals surface area contributed by atoms with E-state index < -0.39 is 0 Å². The second kappa shape index (κ2) is 4.43. The van der Waals surface area contributed by atoms with Crippen LogP contribution in [0.1, 0.15) is 46.0 Å². The van der Waals surface area contributed by atoms with Crippen molar-refractivity contribution in [2.45, 2.75) is 52.1 Å². The standard InChI is InChI=1S/C11H23NO/c1-3-5-9(2)10(13)11(8-12)6-4-7-11/h9-10,13H,3-8,12H2,1-2H3. The number of aliphatic hydroxyl groups excluding tert-OH is 1. The Hall–Kier alpha value is -0.0800. The summed E-state index contributed by atoms with van der Waals surface area (Å²) in [7, 11) is 0. The largest absolute Gasteiger partial charge is 0.392 e. The van der Waals surface area contributed by atoms with Crippen molar-refractivity contribution in [3.63, 3.8) is 0 Å². The molecule has 0 aliphatic heterocycles. The van der Waals surface area contributed by atoms with E-state index in [1.807, 2.05) is 0 Å². The molecule has 13 heavy (non-hydrogen) atoms. The first kappa shape index (κ1) is 11.0. The molecule has 2 nitrogen and oxygen atoms in total. The predicted molar refractivity (Wildman–Crippen MR) is 55.4 cm³/mol. The van der Waals surface area contributed by atoms with E-state index >= 15 is 0 Å². The number of hydrogen-bond donors (Lipinski definition) is 2. The zero-order valence-electron chi connectivity index (χ0n) is 8.92. The van der Waals surface area contributed by atoms with Gasteiger partial charge in [0.1, 0.15) is 0 Å². The summed E-state index contributed by atoms with van der Waals surface area (Å²) in [6.45, 7) is 4.96. The number of nitrogens with two attached hydrogens (primary N) is 1. The summed E-state index contributed by atoms with van der Waals surface area (Å²) < 4.78 is 0. The minimum atomic E-state index is -0.175. The van der Waals surface area contributed by atoms with Gasteiger partial charge in [-0.1, -0.05) is 26.7 Å². The molecule has 0 radical (unpaired) electrons. The lowest BCUT2D eigenvalue weighted by Crippen LogP contribution is -2.49. The molecule has 3 N–H and O–H groups in total. The lowest BCUT2D eigenvalue weighted by atomic mass is 9.62. The summed E-state index contributed by atoms with van der Waals surface area (Å²) in [4.78, 5) is 0. The summed E-state index contributed by atoms with van der Waals surface area (Å²) in [5.74, 6) is 0.411. The van der Waals surface area contributed by atoms with Gasteiger partial charge in [-0.15, -0.1) is 0 Å². The molecule has 1 saturated carbocycles. The van der Waals surface area contributed by atoms with Crippen molar-refractivity contribution >= 4 is 0 Å². The summed E-state index contributed by atoms with van der Waals surface area (Å²) in [5.41, 5.74) is 5.82. The lowest BCUT2D eigenvalue weighted by molar-refractivity contribution is -0.0600. The Morgan fingerprint density at radius 3 is 2.38 bits per heavy atom. The van der Waals surface area contributed by atoms with Crippen LogP contribution in [-0.2, 0) is 0 Å². The van der Waals surface area contributed by atoms with Crippen LogP contribution in [-0.4, -0.2) is 17.8 Å². The van der Waals surface area contributed by atoms with Gasteiger partial charge >= 0.3 is 0 Å². The molecule has 1 aliphatic carbocycles. The van der Waals surface area contributed by atoms with Gasteiger partial charge in [0, 0.05) is 12.0 Å². The first-order valence-electron chi connectivity index (χ1n) is 5.54. The third kappa shape index (κ3) is 2.05. The minimum Gasteiger partial charge on any atom is -0.392 e. The van der Waals surface area contributed by atoms with E-state index in [1.54, 1.807) is 0 Å². The molecule has 0 spiro atoms. The van der Waals surface area contributed by atoms with E-state index in [4.69, 9.17) is 5.73 Å². The summed E-state index contributed by atoms with van der Waals surface area (Å²) in [6, 6.07) is 0. The fourth-order valence-corrected chi connectivity index (χ4v) is 2.47. The van der Waals surface area contributed by atoms with Crippen LogP contribution in [0.4, 0.5) is 0 Å². The molecule has 0 aromatic heterocycles. The topological polar surface area (TPSA) is 46.2 Å². The van der Waals surface area contributed by atoms with Crippen molar-refractivity contribution in [2.75, 3.05) is 6.54 Å². The van der Waals surface area contributed by atoms with Crippen LogP contribution in [0.5, 0.6) is 0 Å². The molecule has 0 aromatic carbocycles. The van der Waals surface area contributed by atoms with Gasteiger partial charge in [-0.25, -0.2) is 0 Å². The zero-order valence-corrected chi connectivity index (χ0v) is 8.92. The van der Waals surface area contributed by atoms with E-state index in [0.717, 1.165) is 25.7 Å². The van der Waals surface area contributed by atoms with E-state index in [0.29, 0.717) is 12.5 Å². The third-order valence-corrected chi connectivity index (χ3v) is 3.67. The van der Waals surface area contributed by atoms with Crippen LogP contribution < -0.4 is 5.73 Å². The Morgan fingerprint density at radius 2 is 2.08 bits per heavy atom. The highest BCUT2D eigenvalue weighted by Gasteiger charge is 2.43. The second-order valence-corrected chi connectivity index (χ2v) is 4.63. The Morgan fingerprint density at radius 1 is 1.46 bits per heavy atom. The van der Waals surface area contributed by atoms with Crippen molar-refractivity contribution in [1.82, 2.24) is 0 Å². The molecule has 0 amide bonds. The molecule has 0 saturated heterocycles. The van der Waals surface area contributed by atoms with Crippen LogP contribution in [0, 0.1) is 11.3 Å². The van der Waals surface area contributed by atoms with E-state index in [2.05, 4.69) is 13.8 Å². The van der Waals surface area contributed by atoms with Gasteiger partial charge in [-0.05, 0) is 25.2 Å². The maximum atomic E-state index is 10.1. The van der Waals surface area contributed by atoms with Crippen LogP contribution in [0.15, 0.2) is 0 Å². The molecule has 1 fully saturated rings. The van der Waals surface area contributed by atoms with Gasteiger partial charge in [0.25, 0.3) is 0 Å². The number of rotatable bonds is 5. The first-order chi connectivity index (χ1) is 6.16. The van der Waals surface area contributed by atoms with Crippen LogP contribution in [0.3, 0.4) is 0 Å². The molecular formula is C11H23NO. The zero-order chi connectivity index (χ0) is 9.90. The van der Waals surface area contributed by atoms with E-state index in [-0.39, 0.29) is 11.5 Å². The maximum absolute atomic E-state index is 10.1. The first-order valence-corrected chi connectivity index (χ1v) is 5.54. The molecule has 2 unspecified atom stereocenters. The average molecular weight is 185 g/mol. The number of hydrogen-bond acceptors (Lipinski definition) is 2. The molecule has 1 rings (SSSR count). The predicted octanol–water partition coefficient (Wildman–Crippen LogP) is 1.91. The molecule has 78 valence electrons. The molecule has 1 aliphatic rings. The van der Waals surface area contributed by atoms with Crippen LogP contribution in [0.2, 0.25) is 0 Å². The monoisotopic (exact) mass is 185 g/mol. The summed E-state index contributed by atoms with van der Waals surface area (Å²) in [5, 5.41) is 10.1. The van der Waals surface area contributed by atoms with Gasteiger partial charge in [0.2, 0.25) is 0 Å². The van der Waals surface area contributed by atoms with Gasteiger partial charge in [-0.2, -0.15) is 0 Å². The second-order valence-electron chi connectivity index (χ2n) is 4.63. The Labute approximate surface area is 81.5 Å². The van der Waals surface area contributed by atoms with Crippen LogP contribution >= 0.6 is 0 Å². The fraction of sp³-hybridized carbons (Fsp3) is 1.00. The van der Waals surface area contributed by atoms with Gasteiger partial charge in [-0.3, -0.25) is 0 Å². The van der Waals surface area contributed by atoms with Crippen molar-refractivity contribution < 1.29 is 5.11 Å². The van der Waals surface area contributed by atoms with Crippen molar-refractivity contribution in [3.05, 3.63) is 0 Å². The normalized spacial score (nSPS) is 24.9. The van der Waals surface area contributed by atoms with E-state index in [1.165, 1.54) is 6.42 Å². The lowest BCUT2D eigenvalue weighted by Gasteiger charge is -2.47. The number of aliphatic hydroxyl groups is 1. The Bertz CT molecular complexity index is 149. The fourth-order valence-electron chi connectivity index (χ4n) is 2.47. The molecule has 0 heterocycles. The van der Waals surface area contributed by atoms with Gasteiger partial charge in [0.15, 0.2) is 0 Å². The smallest absolute Gasteiger partial charge is 0.0633 e. The molecule has 0 aromatic rings. The highest BCUT2D eigenvalue weighted by Crippen LogP contribution is 2.45.